The summed E-state index contributed by atoms with van der Waals surface area (Å²) in [5.41, 5.74) is 1.47. The Morgan fingerprint density at radius 1 is 1.03 bits per heavy atom. The number of sulfonamides is 1. The molecule has 2 aromatic rings. The third-order valence-corrected chi connectivity index (χ3v) is 7.60. The molecule has 0 bridgehead atoms. The van der Waals surface area contributed by atoms with Crippen LogP contribution >= 0.6 is 0 Å². The average Bonchev–Trinajstić information content (AvgIpc) is 2.77. The van der Waals surface area contributed by atoms with Crippen molar-refractivity contribution in [3.05, 3.63) is 54.1 Å². The lowest BCUT2D eigenvalue weighted by atomic mass is 9.86. The van der Waals surface area contributed by atoms with Gasteiger partial charge in [0, 0.05) is 31.7 Å². The first-order valence-corrected chi connectivity index (χ1v) is 12.8. The Balaban J connectivity index is 1.51. The predicted molar refractivity (Wildman–Crippen MR) is 131 cm³/mol. The van der Waals surface area contributed by atoms with Gasteiger partial charge in [0.2, 0.25) is 15.9 Å². The molecule has 34 heavy (non-hydrogen) atoms. The third-order valence-electron chi connectivity index (χ3n) is 5.69. The zero-order valence-corrected chi connectivity index (χ0v) is 20.9. The molecular weight excluding hydrogens is 454 g/mol. The summed E-state index contributed by atoms with van der Waals surface area (Å²) in [6.45, 7) is 8.21. The highest BCUT2D eigenvalue weighted by atomic mass is 32.2. The van der Waals surface area contributed by atoms with E-state index in [0.29, 0.717) is 37.4 Å². The van der Waals surface area contributed by atoms with E-state index in [-0.39, 0.29) is 34.8 Å². The molecule has 9 heteroatoms. The topological polar surface area (TPSA) is 105 Å². The zero-order chi connectivity index (χ0) is 24.9. The minimum Gasteiger partial charge on any atom is -0.483 e. The first-order valence-electron chi connectivity index (χ1n) is 11.4. The molecule has 1 aliphatic heterocycles. The summed E-state index contributed by atoms with van der Waals surface area (Å²) in [6.07, 6.45) is 1.04. The third kappa shape index (κ3) is 6.57. The van der Waals surface area contributed by atoms with Gasteiger partial charge in [0.15, 0.2) is 6.61 Å². The van der Waals surface area contributed by atoms with E-state index >= 15 is 0 Å². The van der Waals surface area contributed by atoms with Crippen molar-refractivity contribution in [2.75, 3.05) is 25.0 Å². The first-order chi connectivity index (χ1) is 16.0. The predicted octanol–water partition coefficient (Wildman–Crippen LogP) is 3.29. The summed E-state index contributed by atoms with van der Waals surface area (Å²) in [4.78, 5) is 23.8. The van der Waals surface area contributed by atoms with Gasteiger partial charge in [-0.15, -0.1) is 0 Å². The fraction of sp³-hybridized carbons (Fsp3) is 0.440. The van der Waals surface area contributed by atoms with Gasteiger partial charge >= 0.3 is 0 Å². The number of carbonyl (C=O) groups is 2. The molecule has 1 fully saturated rings. The molecule has 2 amide bonds. The fourth-order valence-electron chi connectivity index (χ4n) is 3.93. The van der Waals surface area contributed by atoms with Crippen LogP contribution in [0, 0.1) is 0 Å². The van der Waals surface area contributed by atoms with E-state index in [2.05, 4.69) is 31.4 Å². The van der Waals surface area contributed by atoms with Gasteiger partial charge in [-0.3, -0.25) is 9.59 Å². The number of nitrogens with zero attached hydrogens (tertiary/aromatic N) is 1. The molecule has 0 aromatic heterocycles. The van der Waals surface area contributed by atoms with Crippen LogP contribution in [0.25, 0.3) is 0 Å². The maximum atomic E-state index is 13.0. The number of anilines is 1. The van der Waals surface area contributed by atoms with Crippen LogP contribution < -0.4 is 15.4 Å². The number of ether oxygens (including phenoxy) is 1. The average molecular weight is 488 g/mol. The van der Waals surface area contributed by atoms with Crippen molar-refractivity contribution < 1.29 is 22.7 Å². The van der Waals surface area contributed by atoms with Gasteiger partial charge in [-0.1, -0.05) is 39.0 Å². The smallest absolute Gasteiger partial charge is 0.258 e. The van der Waals surface area contributed by atoms with Gasteiger partial charge in [0.1, 0.15) is 5.75 Å². The molecule has 0 saturated carbocycles. The summed E-state index contributed by atoms with van der Waals surface area (Å²) in [6, 6.07) is 13.7. The molecule has 0 spiro atoms. The number of para-hydroxylation sites is 1. The van der Waals surface area contributed by atoms with E-state index in [4.69, 9.17) is 4.74 Å². The van der Waals surface area contributed by atoms with Crippen LogP contribution in [0.2, 0.25) is 0 Å². The maximum absolute atomic E-state index is 13.0. The van der Waals surface area contributed by atoms with Crippen molar-refractivity contribution in [1.29, 1.82) is 0 Å². The van der Waals surface area contributed by atoms with Crippen LogP contribution in [0.1, 0.15) is 46.1 Å². The second kappa shape index (κ2) is 10.6. The normalized spacial score (nSPS) is 15.5. The number of hydrogen-bond acceptors (Lipinski definition) is 5. The number of rotatable bonds is 7. The molecule has 0 radical (unpaired) electrons. The quantitative estimate of drug-likeness (QED) is 0.624. The summed E-state index contributed by atoms with van der Waals surface area (Å²) in [5.74, 6) is 0.248. The van der Waals surface area contributed by atoms with Crippen LogP contribution in [0.5, 0.6) is 5.75 Å². The minimum atomic E-state index is -3.64. The highest BCUT2D eigenvalue weighted by Crippen LogP contribution is 2.31. The Morgan fingerprint density at radius 2 is 1.65 bits per heavy atom. The van der Waals surface area contributed by atoms with Crippen molar-refractivity contribution in [2.45, 2.75) is 56.9 Å². The van der Waals surface area contributed by atoms with Gasteiger partial charge in [-0.25, -0.2) is 8.42 Å². The van der Waals surface area contributed by atoms with Crippen LogP contribution in [-0.2, 0) is 25.0 Å². The first kappa shape index (κ1) is 25.7. The molecule has 1 heterocycles. The molecule has 3 rings (SSSR count). The van der Waals surface area contributed by atoms with Crippen LogP contribution in [-0.4, -0.2) is 50.3 Å². The molecule has 0 aliphatic carbocycles. The van der Waals surface area contributed by atoms with E-state index in [1.165, 1.54) is 23.4 Å². The molecule has 1 saturated heterocycles. The number of nitrogens with one attached hydrogen (secondary N) is 2. The largest absolute Gasteiger partial charge is 0.483 e. The van der Waals surface area contributed by atoms with E-state index in [9.17, 15) is 18.0 Å². The number of carbonyl (C=O) groups excluding carboxylic acids is 2. The molecule has 1 aliphatic rings. The van der Waals surface area contributed by atoms with Gasteiger partial charge < -0.3 is 15.4 Å². The summed E-state index contributed by atoms with van der Waals surface area (Å²) >= 11 is 0. The molecule has 0 unspecified atom stereocenters. The number of piperidine rings is 1. The molecule has 8 nitrogen and oxygen atoms in total. The van der Waals surface area contributed by atoms with E-state index in [1.54, 1.807) is 12.1 Å². The molecule has 0 atom stereocenters. The zero-order valence-electron chi connectivity index (χ0n) is 20.1. The highest BCUT2D eigenvalue weighted by Gasteiger charge is 2.30. The maximum Gasteiger partial charge on any atom is 0.258 e. The van der Waals surface area contributed by atoms with Crippen molar-refractivity contribution in [2.24, 2.45) is 0 Å². The Labute approximate surface area is 201 Å². The molecular formula is C25H33N3O5S. The lowest BCUT2D eigenvalue weighted by Gasteiger charge is -2.31. The molecule has 184 valence electrons. The Hall–Kier alpha value is -2.91. The Kier molecular flexibility index (Phi) is 7.99. The van der Waals surface area contributed by atoms with Gasteiger partial charge in [0.25, 0.3) is 5.91 Å². The highest BCUT2D eigenvalue weighted by molar-refractivity contribution is 7.89. The number of benzene rings is 2. The summed E-state index contributed by atoms with van der Waals surface area (Å²) < 4.78 is 33.1. The van der Waals surface area contributed by atoms with E-state index in [0.717, 1.165) is 5.56 Å². The fourth-order valence-corrected chi connectivity index (χ4v) is 5.40. The van der Waals surface area contributed by atoms with Crippen molar-refractivity contribution in [3.63, 3.8) is 0 Å². The second-order valence-corrected chi connectivity index (χ2v) is 11.4. The van der Waals surface area contributed by atoms with Gasteiger partial charge in [-0.2, -0.15) is 4.31 Å². The summed E-state index contributed by atoms with van der Waals surface area (Å²) in [7, 11) is -3.64. The Morgan fingerprint density at radius 3 is 2.24 bits per heavy atom. The number of amides is 2. The minimum absolute atomic E-state index is 0.0910. The lowest BCUT2D eigenvalue weighted by Crippen LogP contribution is -2.47. The monoisotopic (exact) mass is 487 g/mol. The van der Waals surface area contributed by atoms with Crippen LogP contribution in [0.15, 0.2) is 53.4 Å². The van der Waals surface area contributed by atoms with Crippen LogP contribution in [0.4, 0.5) is 5.69 Å². The van der Waals surface area contributed by atoms with Crippen molar-refractivity contribution in [1.82, 2.24) is 9.62 Å². The molecule has 2 aromatic carbocycles. The lowest BCUT2D eigenvalue weighted by molar-refractivity contribution is -0.124. The van der Waals surface area contributed by atoms with E-state index in [1.807, 2.05) is 24.3 Å². The molecule has 2 N–H and O–H groups in total. The standard InChI is InChI=1S/C25H33N3O5S/c1-18(29)26-19-9-11-21(12-10-19)34(31,32)28-15-13-20(14-16-28)27-24(30)17-33-23-8-6-5-7-22(23)25(2,3)4/h5-12,20H,13-17H2,1-4H3,(H,26,29)(H,27,30). The van der Waals surface area contributed by atoms with Crippen LogP contribution in [0.3, 0.4) is 0 Å². The summed E-state index contributed by atoms with van der Waals surface area (Å²) in [5, 5.41) is 5.58. The second-order valence-electron chi connectivity index (χ2n) is 9.49. The van der Waals surface area contributed by atoms with Crippen molar-refractivity contribution in [3.8, 4) is 5.75 Å². The SMILES string of the molecule is CC(=O)Nc1ccc(S(=O)(=O)N2CCC(NC(=O)COc3ccccc3C(C)(C)C)CC2)cc1. The van der Waals surface area contributed by atoms with Gasteiger partial charge in [-0.05, 0) is 54.2 Å². The van der Waals surface area contributed by atoms with E-state index < -0.39 is 10.0 Å². The van der Waals surface area contributed by atoms with Crippen molar-refractivity contribution >= 4 is 27.5 Å². The Bertz CT molecular complexity index is 1120. The number of hydrogen-bond donors (Lipinski definition) is 2. The van der Waals surface area contributed by atoms with Gasteiger partial charge in [0.05, 0.1) is 4.90 Å².